The Kier molecular flexibility index (Phi) is 2.97. The van der Waals surface area contributed by atoms with Crippen LogP contribution in [0.25, 0.3) is 22.4 Å². The van der Waals surface area contributed by atoms with Crippen molar-refractivity contribution in [2.75, 3.05) is 0 Å². The van der Waals surface area contributed by atoms with Gasteiger partial charge in [0.25, 0.3) is 0 Å². The molecule has 3 nitrogen and oxygen atoms in total. The van der Waals surface area contributed by atoms with Gasteiger partial charge in [0.15, 0.2) is 0 Å². The van der Waals surface area contributed by atoms with Gasteiger partial charge in [-0.25, -0.2) is 9.37 Å². The van der Waals surface area contributed by atoms with Gasteiger partial charge in [0, 0.05) is 12.1 Å². The summed E-state index contributed by atoms with van der Waals surface area (Å²) in [4.78, 5) is 7.64. The smallest absolute Gasteiger partial charge is 0.142 e. The molecule has 0 saturated carbocycles. The first kappa shape index (κ1) is 12.1. The zero-order chi connectivity index (χ0) is 13.4. The van der Waals surface area contributed by atoms with Gasteiger partial charge in [-0.3, -0.25) is 0 Å². The fraction of sp³-hybridized carbons (Fsp3) is 0.0714. The molecule has 0 saturated heterocycles. The van der Waals surface area contributed by atoms with E-state index in [-0.39, 0.29) is 5.02 Å². The number of hydrogen-bond acceptors (Lipinski definition) is 2. The predicted molar refractivity (Wildman–Crippen MR) is 74.4 cm³/mol. The third-order valence-electron chi connectivity index (χ3n) is 3.01. The summed E-state index contributed by atoms with van der Waals surface area (Å²) in [5, 5.41) is 0.0995. The van der Waals surface area contributed by atoms with Crippen LogP contribution < -0.4 is 5.73 Å². The Morgan fingerprint density at radius 1 is 1.26 bits per heavy atom. The van der Waals surface area contributed by atoms with Gasteiger partial charge in [0.2, 0.25) is 0 Å². The fourth-order valence-corrected chi connectivity index (χ4v) is 2.15. The molecule has 0 aliphatic heterocycles. The molecule has 3 N–H and O–H groups in total. The number of nitrogens with two attached hydrogens (primary N) is 1. The number of H-pyrrole nitrogens is 1. The van der Waals surface area contributed by atoms with Crippen molar-refractivity contribution in [3.8, 4) is 11.4 Å². The highest BCUT2D eigenvalue weighted by molar-refractivity contribution is 6.30. The molecule has 0 bridgehead atoms. The molecule has 0 amide bonds. The van der Waals surface area contributed by atoms with Crippen LogP contribution in [0.4, 0.5) is 4.39 Å². The second-order valence-electron chi connectivity index (χ2n) is 4.23. The monoisotopic (exact) mass is 275 g/mol. The van der Waals surface area contributed by atoms with Crippen molar-refractivity contribution in [3.05, 3.63) is 52.8 Å². The summed E-state index contributed by atoms with van der Waals surface area (Å²) >= 11 is 5.67. The lowest BCUT2D eigenvalue weighted by molar-refractivity contribution is 0.628. The zero-order valence-electron chi connectivity index (χ0n) is 9.95. The van der Waals surface area contributed by atoms with Crippen LogP contribution in [0.2, 0.25) is 5.02 Å². The Morgan fingerprint density at radius 3 is 2.84 bits per heavy atom. The lowest BCUT2D eigenvalue weighted by Crippen LogP contribution is -1.96. The third kappa shape index (κ3) is 2.09. The summed E-state index contributed by atoms with van der Waals surface area (Å²) < 4.78 is 13.5. The summed E-state index contributed by atoms with van der Waals surface area (Å²) in [6, 6.07) is 10.4. The highest BCUT2D eigenvalue weighted by Gasteiger charge is 2.09. The molecule has 0 atom stereocenters. The van der Waals surface area contributed by atoms with Crippen molar-refractivity contribution in [1.82, 2.24) is 9.97 Å². The first-order chi connectivity index (χ1) is 9.19. The summed E-state index contributed by atoms with van der Waals surface area (Å²) in [5.74, 6) is 0.144. The van der Waals surface area contributed by atoms with Crippen molar-refractivity contribution in [3.63, 3.8) is 0 Å². The minimum absolute atomic E-state index is 0.0995. The second-order valence-corrected chi connectivity index (χ2v) is 4.64. The summed E-state index contributed by atoms with van der Waals surface area (Å²) in [6.07, 6.45) is 0. The van der Waals surface area contributed by atoms with Gasteiger partial charge in [0.1, 0.15) is 11.6 Å². The predicted octanol–water partition coefficient (Wildman–Crippen LogP) is 3.48. The molecule has 3 aromatic rings. The first-order valence-corrected chi connectivity index (χ1v) is 6.20. The molecule has 1 aromatic heterocycles. The number of halogens is 2. The number of aromatic amines is 1. The molecule has 0 fully saturated rings. The lowest BCUT2D eigenvalue weighted by Gasteiger charge is -1.98. The van der Waals surface area contributed by atoms with Crippen LogP contribution in [0.3, 0.4) is 0 Å². The Balaban J connectivity index is 2.17. The average Bonchev–Trinajstić information content (AvgIpc) is 2.85. The number of nitrogens with zero attached hydrogens (tertiary/aromatic N) is 1. The molecule has 0 aliphatic carbocycles. The second kappa shape index (κ2) is 4.64. The van der Waals surface area contributed by atoms with E-state index in [2.05, 4.69) is 9.97 Å². The standard InChI is InChI=1S/C14H11ClFN3/c15-10-5-4-8(6-11(10)16)14-18-12-3-1-2-9(7-17)13(12)19-14/h1-6H,7,17H2,(H,18,19). The number of rotatable bonds is 2. The topological polar surface area (TPSA) is 54.7 Å². The van der Waals surface area contributed by atoms with E-state index in [1.54, 1.807) is 6.07 Å². The highest BCUT2D eigenvalue weighted by atomic mass is 35.5. The van der Waals surface area contributed by atoms with E-state index in [1.807, 2.05) is 18.2 Å². The van der Waals surface area contributed by atoms with Crippen LogP contribution in [0.15, 0.2) is 36.4 Å². The van der Waals surface area contributed by atoms with Crippen molar-refractivity contribution in [1.29, 1.82) is 0 Å². The van der Waals surface area contributed by atoms with Crippen LogP contribution in [0, 0.1) is 5.82 Å². The molecule has 0 spiro atoms. The third-order valence-corrected chi connectivity index (χ3v) is 3.32. The maximum absolute atomic E-state index is 13.5. The summed E-state index contributed by atoms with van der Waals surface area (Å²) in [6.45, 7) is 0.413. The first-order valence-electron chi connectivity index (χ1n) is 5.82. The molecular weight excluding hydrogens is 265 g/mol. The Labute approximate surface area is 114 Å². The molecule has 96 valence electrons. The molecule has 5 heteroatoms. The number of fused-ring (bicyclic) bond motifs is 1. The van der Waals surface area contributed by atoms with Gasteiger partial charge < -0.3 is 10.7 Å². The van der Waals surface area contributed by atoms with Crippen LogP contribution >= 0.6 is 11.6 Å². The van der Waals surface area contributed by atoms with Gasteiger partial charge in [0.05, 0.1) is 16.1 Å². The number of imidazole rings is 1. The lowest BCUT2D eigenvalue weighted by atomic mass is 10.2. The van der Waals surface area contributed by atoms with Crippen molar-refractivity contribution in [2.24, 2.45) is 5.73 Å². The minimum Gasteiger partial charge on any atom is -0.338 e. The molecular formula is C14H11ClFN3. The summed E-state index contributed by atoms with van der Waals surface area (Å²) in [5.41, 5.74) is 8.98. The van der Waals surface area contributed by atoms with Crippen molar-refractivity contribution < 1.29 is 4.39 Å². The molecule has 19 heavy (non-hydrogen) atoms. The normalized spacial score (nSPS) is 11.1. The quantitative estimate of drug-likeness (QED) is 0.752. The van der Waals surface area contributed by atoms with E-state index in [4.69, 9.17) is 17.3 Å². The molecule has 2 aromatic carbocycles. The van der Waals surface area contributed by atoms with Gasteiger partial charge in [-0.15, -0.1) is 0 Å². The number of nitrogens with one attached hydrogen (secondary N) is 1. The maximum Gasteiger partial charge on any atom is 0.142 e. The average molecular weight is 276 g/mol. The van der Waals surface area contributed by atoms with Crippen LogP contribution in [-0.4, -0.2) is 9.97 Å². The molecule has 1 heterocycles. The van der Waals surface area contributed by atoms with E-state index in [0.29, 0.717) is 17.9 Å². The van der Waals surface area contributed by atoms with Crippen molar-refractivity contribution in [2.45, 2.75) is 6.54 Å². The Hall–Kier alpha value is -1.91. The van der Waals surface area contributed by atoms with Crippen LogP contribution in [-0.2, 0) is 6.54 Å². The van der Waals surface area contributed by atoms with E-state index in [1.165, 1.54) is 12.1 Å². The molecule has 3 rings (SSSR count). The maximum atomic E-state index is 13.5. The van der Waals surface area contributed by atoms with E-state index >= 15 is 0 Å². The van der Waals surface area contributed by atoms with Gasteiger partial charge in [-0.05, 0) is 29.8 Å². The SMILES string of the molecule is NCc1cccc2[nH]c(-c3ccc(Cl)c(F)c3)nc12. The summed E-state index contributed by atoms with van der Waals surface area (Å²) in [7, 11) is 0. The van der Waals surface area contributed by atoms with E-state index in [0.717, 1.165) is 16.6 Å². The Bertz CT molecular complexity index is 752. The van der Waals surface area contributed by atoms with Gasteiger partial charge in [-0.2, -0.15) is 0 Å². The van der Waals surface area contributed by atoms with Crippen molar-refractivity contribution >= 4 is 22.6 Å². The zero-order valence-corrected chi connectivity index (χ0v) is 10.7. The Morgan fingerprint density at radius 2 is 2.11 bits per heavy atom. The number of benzene rings is 2. The molecule has 0 aliphatic rings. The number of hydrogen-bond donors (Lipinski definition) is 2. The van der Waals surface area contributed by atoms with Gasteiger partial charge >= 0.3 is 0 Å². The fourth-order valence-electron chi connectivity index (χ4n) is 2.04. The molecule has 0 unspecified atom stereocenters. The van der Waals surface area contributed by atoms with E-state index in [9.17, 15) is 4.39 Å². The number of para-hydroxylation sites is 1. The minimum atomic E-state index is -0.460. The van der Waals surface area contributed by atoms with E-state index < -0.39 is 5.82 Å². The number of aromatic nitrogens is 2. The van der Waals surface area contributed by atoms with Crippen LogP contribution in [0.5, 0.6) is 0 Å². The van der Waals surface area contributed by atoms with Crippen LogP contribution in [0.1, 0.15) is 5.56 Å². The van der Waals surface area contributed by atoms with Gasteiger partial charge in [-0.1, -0.05) is 23.7 Å². The highest BCUT2D eigenvalue weighted by Crippen LogP contribution is 2.25. The largest absolute Gasteiger partial charge is 0.338 e. The molecule has 0 radical (unpaired) electrons.